The van der Waals surface area contributed by atoms with Gasteiger partial charge in [-0.15, -0.1) is 0 Å². The summed E-state index contributed by atoms with van der Waals surface area (Å²) in [6.07, 6.45) is -6.99. The van der Waals surface area contributed by atoms with E-state index in [2.05, 4.69) is 0 Å². The molecule has 1 aliphatic heterocycles. The van der Waals surface area contributed by atoms with Gasteiger partial charge in [0.15, 0.2) is 5.78 Å². The standard InChI is InChI=1S/C20H28N2O4/c1-12(2)18(24)16(23)11-13(3)19(25)21-17-15-8-6-5-7-14(15)9-10-22(4)20(17)26/h5-8,12-13,17-18,24H,9-11H2,1-4H3,(H,21,25)/t13-,17+,18+/m1/s1/i5D,6D,7D,8D,9D2,10D2,13D,17D,18D. The summed E-state index contributed by atoms with van der Waals surface area (Å²) in [6.45, 7) is 0.350. The second-order valence-electron chi connectivity index (χ2n) is 6.10. The van der Waals surface area contributed by atoms with E-state index in [1.54, 1.807) is 0 Å². The molecule has 6 nitrogen and oxygen atoms in total. The van der Waals surface area contributed by atoms with Crippen LogP contribution in [0, 0.1) is 11.8 Å². The lowest BCUT2D eigenvalue weighted by atomic mass is 9.94. The maximum atomic E-state index is 13.4. The van der Waals surface area contributed by atoms with Gasteiger partial charge in [-0.1, -0.05) is 44.9 Å². The Bertz CT molecular complexity index is 1170. The van der Waals surface area contributed by atoms with E-state index in [0.29, 0.717) is 0 Å². The van der Waals surface area contributed by atoms with Gasteiger partial charge in [-0.2, -0.15) is 0 Å². The van der Waals surface area contributed by atoms with Gasteiger partial charge < -0.3 is 15.3 Å². The van der Waals surface area contributed by atoms with Crippen LogP contribution in [0.1, 0.15) is 59.4 Å². The van der Waals surface area contributed by atoms with Crippen LogP contribution in [0.3, 0.4) is 0 Å². The van der Waals surface area contributed by atoms with Crippen molar-refractivity contribution in [1.82, 2.24) is 10.2 Å². The number of carbonyl (C=O) groups excluding carboxylic acids is 3. The van der Waals surface area contributed by atoms with E-state index in [9.17, 15) is 19.5 Å². The first-order chi connectivity index (χ1) is 16.4. The fourth-order valence-electron chi connectivity index (χ4n) is 2.13. The summed E-state index contributed by atoms with van der Waals surface area (Å²) in [5.74, 6) is -7.75. The lowest BCUT2D eigenvalue weighted by Gasteiger charge is -2.24. The molecule has 1 aliphatic rings. The molecule has 142 valence electrons. The minimum Gasteiger partial charge on any atom is -0.385 e. The van der Waals surface area contributed by atoms with Crippen LogP contribution >= 0.6 is 0 Å². The van der Waals surface area contributed by atoms with Crippen LogP contribution in [-0.4, -0.2) is 47.2 Å². The van der Waals surface area contributed by atoms with Crippen LogP contribution in [0.15, 0.2) is 24.2 Å². The molecule has 26 heavy (non-hydrogen) atoms. The number of nitrogens with one attached hydrogen (secondary N) is 1. The maximum absolute atomic E-state index is 13.4. The molecule has 1 aromatic rings. The zero-order chi connectivity index (χ0) is 29.3. The number of benzene rings is 1. The molecule has 1 aromatic carbocycles. The van der Waals surface area contributed by atoms with Crippen LogP contribution in [0.2, 0.25) is 0 Å². The number of aliphatic hydroxyl groups is 1. The molecule has 0 spiro atoms. The van der Waals surface area contributed by atoms with Crippen molar-refractivity contribution in [2.24, 2.45) is 11.8 Å². The first-order valence-corrected chi connectivity index (χ1v) is 7.88. The van der Waals surface area contributed by atoms with Crippen LogP contribution < -0.4 is 5.32 Å². The van der Waals surface area contributed by atoms with E-state index >= 15 is 0 Å². The summed E-state index contributed by atoms with van der Waals surface area (Å²) in [5.41, 5.74) is -2.13. The molecule has 2 rings (SSSR count). The van der Waals surface area contributed by atoms with E-state index in [1.807, 2.05) is 5.32 Å². The highest BCUT2D eigenvalue weighted by molar-refractivity contribution is 5.92. The Labute approximate surface area is 170 Å². The van der Waals surface area contributed by atoms with Gasteiger partial charge in [0.05, 0.1) is 8.22 Å². The van der Waals surface area contributed by atoms with E-state index in [1.165, 1.54) is 13.8 Å². The highest BCUT2D eigenvalue weighted by atomic mass is 16.3. The average Bonchev–Trinajstić information content (AvgIpc) is 2.79. The predicted octanol–water partition coefficient (Wildman–Crippen LogP) is 1.47. The van der Waals surface area contributed by atoms with Gasteiger partial charge in [0, 0.05) is 32.7 Å². The lowest BCUT2D eigenvalue weighted by Crippen LogP contribution is -2.43. The fourth-order valence-corrected chi connectivity index (χ4v) is 2.13. The van der Waals surface area contributed by atoms with Crippen molar-refractivity contribution in [2.75, 3.05) is 13.5 Å². The number of amides is 2. The number of fused-ring (bicyclic) bond motifs is 1. The third-order valence-corrected chi connectivity index (χ3v) is 3.69. The summed E-state index contributed by atoms with van der Waals surface area (Å²) in [5, 5.41) is 12.0. The smallest absolute Gasteiger partial charge is 0.249 e. The van der Waals surface area contributed by atoms with Crippen LogP contribution in [-0.2, 0) is 20.8 Å². The van der Waals surface area contributed by atoms with Gasteiger partial charge in [-0.05, 0) is 23.4 Å². The first-order valence-electron chi connectivity index (χ1n) is 13.4. The summed E-state index contributed by atoms with van der Waals surface area (Å²) in [6, 6.07) is -7.36. The molecule has 0 unspecified atom stereocenters. The molecule has 6 heteroatoms. The SMILES string of the molecule is [2H]c1c([2H])c([2H])c2c(c1[2H])C([2H])([2H])C([2H])([2H])N(C)C(=O)[C@@]2([2H])NC(=O)[C@]([2H])(C)CC(=O)[C@@]([2H])(O)C(C)C. The van der Waals surface area contributed by atoms with Gasteiger partial charge in [0.25, 0.3) is 0 Å². The van der Waals surface area contributed by atoms with E-state index < -0.39 is 96.1 Å². The lowest BCUT2D eigenvalue weighted by molar-refractivity contribution is -0.137. The molecular formula is C20H28N2O4. The molecule has 0 saturated heterocycles. The van der Waals surface area contributed by atoms with Gasteiger partial charge in [0.2, 0.25) is 11.8 Å². The predicted molar refractivity (Wildman–Crippen MR) is 98.3 cm³/mol. The van der Waals surface area contributed by atoms with Crippen LogP contribution in [0.4, 0.5) is 0 Å². The topological polar surface area (TPSA) is 86.7 Å². The summed E-state index contributed by atoms with van der Waals surface area (Å²) in [4.78, 5) is 39.2. The second kappa shape index (κ2) is 8.45. The van der Waals surface area contributed by atoms with Gasteiger partial charge in [0.1, 0.15) is 12.1 Å². The third-order valence-electron chi connectivity index (χ3n) is 3.69. The van der Waals surface area contributed by atoms with Crippen molar-refractivity contribution < 1.29 is 34.6 Å². The van der Waals surface area contributed by atoms with Gasteiger partial charge in [-0.3, -0.25) is 14.4 Å². The maximum Gasteiger partial charge on any atom is 0.249 e. The molecule has 0 aliphatic carbocycles. The Morgan fingerprint density at radius 1 is 1.46 bits per heavy atom. The highest BCUT2D eigenvalue weighted by Gasteiger charge is 2.32. The van der Waals surface area contributed by atoms with Gasteiger partial charge in [-0.25, -0.2) is 0 Å². The first kappa shape index (κ1) is 9.65. The Kier molecular flexibility index (Phi) is 3.13. The number of rotatable bonds is 6. The van der Waals surface area contributed by atoms with E-state index in [0.717, 1.165) is 14.0 Å². The monoisotopic (exact) mass is 371 g/mol. The minimum absolute atomic E-state index is 0.153. The minimum atomic E-state index is -3.30. The Balaban J connectivity index is 2.79. The van der Waals surface area contributed by atoms with Crippen molar-refractivity contribution in [3.8, 4) is 0 Å². The molecule has 0 aromatic heterocycles. The highest BCUT2D eigenvalue weighted by Crippen LogP contribution is 2.25. The quantitative estimate of drug-likeness (QED) is 0.793. The molecule has 0 bridgehead atoms. The normalized spacial score (nSPS) is 34.8. The molecule has 0 saturated carbocycles. The fraction of sp³-hybridized carbons (Fsp3) is 0.550. The molecule has 0 radical (unpaired) electrons. The summed E-state index contributed by atoms with van der Waals surface area (Å²) < 4.78 is 90.6. The van der Waals surface area contributed by atoms with E-state index in [-0.39, 0.29) is 4.90 Å². The Morgan fingerprint density at radius 2 is 2.12 bits per heavy atom. The number of hydrogen-bond acceptors (Lipinski definition) is 4. The molecule has 1 heterocycles. The molecule has 2 N–H and O–H groups in total. The number of likely N-dealkylation sites (N-methyl/N-ethyl adjacent to an activating group) is 1. The second-order valence-corrected chi connectivity index (χ2v) is 6.10. The zero-order valence-corrected chi connectivity index (χ0v) is 14.9. The molecular weight excluding hydrogens is 332 g/mol. The average molecular weight is 372 g/mol. The Hall–Kier alpha value is -2.21. The zero-order valence-electron chi connectivity index (χ0n) is 25.9. The number of hydrogen-bond donors (Lipinski definition) is 2. The van der Waals surface area contributed by atoms with Crippen molar-refractivity contribution in [1.29, 1.82) is 0 Å². The van der Waals surface area contributed by atoms with Crippen molar-refractivity contribution >= 4 is 17.6 Å². The van der Waals surface area contributed by atoms with Crippen LogP contribution in [0.25, 0.3) is 0 Å². The largest absolute Gasteiger partial charge is 0.385 e. The van der Waals surface area contributed by atoms with Crippen molar-refractivity contribution in [3.05, 3.63) is 35.3 Å². The molecule has 3 atom stereocenters. The number of Topliss-reactive ketones (excluding diaryl/α,β-unsaturated/α-hetero) is 1. The summed E-state index contributed by atoms with van der Waals surface area (Å²) >= 11 is 0. The molecule has 2 amide bonds. The number of nitrogens with zero attached hydrogens (tertiary/aromatic N) is 1. The van der Waals surface area contributed by atoms with E-state index in [4.69, 9.17) is 15.1 Å². The summed E-state index contributed by atoms with van der Waals surface area (Å²) in [7, 11) is 0.782. The van der Waals surface area contributed by atoms with Crippen molar-refractivity contribution in [3.63, 3.8) is 0 Å². The van der Waals surface area contributed by atoms with Gasteiger partial charge >= 0.3 is 0 Å². The Morgan fingerprint density at radius 3 is 2.77 bits per heavy atom. The third kappa shape index (κ3) is 4.49. The van der Waals surface area contributed by atoms with Crippen molar-refractivity contribution in [2.45, 2.75) is 45.7 Å². The van der Waals surface area contributed by atoms with Crippen LogP contribution in [0.5, 0.6) is 0 Å². The number of ketones is 1. The number of carbonyl (C=O) groups is 3. The molecule has 0 fully saturated rings.